The molecule has 2 aromatic carbocycles. The minimum Gasteiger partial charge on any atom is -0.496 e. The van der Waals surface area contributed by atoms with Gasteiger partial charge in [0.2, 0.25) is 11.0 Å². The molecular formula is C31H32N6O4S2. The summed E-state index contributed by atoms with van der Waals surface area (Å²) in [6.45, 7) is 6.55. The molecule has 12 heteroatoms. The van der Waals surface area contributed by atoms with E-state index in [2.05, 4.69) is 21.6 Å². The molecule has 0 fully saturated rings. The number of aromatic nitrogens is 2. The van der Waals surface area contributed by atoms with E-state index in [0.717, 1.165) is 5.75 Å². The van der Waals surface area contributed by atoms with Crippen molar-refractivity contribution >= 4 is 45.6 Å². The van der Waals surface area contributed by atoms with Crippen LogP contribution >= 0.6 is 23.1 Å². The highest BCUT2D eigenvalue weighted by molar-refractivity contribution is 8.01. The quantitative estimate of drug-likeness (QED) is 0.291. The summed E-state index contributed by atoms with van der Waals surface area (Å²) in [4.78, 5) is 28.1. The maximum Gasteiger partial charge on any atom is 0.234 e. The third-order valence-electron chi connectivity index (χ3n) is 7.19. The third-order valence-corrected chi connectivity index (χ3v) is 9.24. The molecule has 222 valence electrons. The largest absolute Gasteiger partial charge is 0.496 e. The SMILES string of the molecule is CCOc1ccc(NC(=O)CSc2nnc(N3C(N)=C(C#N)C(c4ccccc4OC)C4=C3CC(C)(C)CC4=O)s2)cc1. The summed E-state index contributed by atoms with van der Waals surface area (Å²) in [5.41, 5.74) is 9.24. The molecule has 1 atom stereocenters. The highest BCUT2D eigenvalue weighted by Crippen LogP contribution is 2.52. The Bertz CT molecular complexity index is 1650. The number of nitrogens with two attached hydrogens (primary N) is 1. The predicted octanol–water partition coefficient (Wildman–Crippen LogP) is 5.62. The number of thioether (sulfide) groups is 1. The molecule has 2 heterocycles. The lowest BCUT2D eigenvalue weighted by molar-refractivity contribution is -0.118. The topological polar surface area (TPSA) is 143 Å². The number of hydrogen-bond donors (Lipinski definition) is 2. The second kappa shape index (κ2) is 12.5. The number of methoxy groups -OCH3 is 1. The van der Waals surface area contributed by atoms with E-state index < -0.39 is 5.92 Å². The average molecular weight is 617 g/mol. The Morgan fingerprint density at radius 2 is 1.95 bits per heavy atom. The van der Waals surface area contributed by atoms with E-state index in [0.29, 0.717) is 57.2 Å². The number of allylic oxidation sites excluding steroid dienone is 3. The molecule has 1 unspecified atom stereocenters. The highest BCUT2D eigenvalue weighted by atomic mass is 32.2. The number of nitrogens with zero attached hydrogens (tertiary/aromatic N) is 4. The lowest BCUT2D eigenvalue weighted by atomic mass is 9.68. The van der Waals surface area contributed by atoms with Gasteiger partial charge in [0.15, 0.2) is 10.1 Å². The summed E-state index contributed by atoms with van der Waals surface area (Å²) in [6, 6.07) is 16.8. The average Bonchev–Trinajstić information content (AvgIpc) is 3.44. The van der Waals surface area contributed by atoms with Crippen molar-refractivity contribution < 1.29 is 19.1 Å². The van der Waals surface area contributed by atoms with Crippen LogP contribution in [0, 0.1) is 16.7 Å². The molecule has 5 rings (SSSR count). The van der Waals surface area contributed by atoms with Crippen LogP contribution in [0.25, 0.3) is 0 Å². The number of nitrogens with one attached hydrogen (secondary N) is 1. The maximum absolute atomic E-state index is 13.8. The first-order chi connectivity index (χ1) is 20.7. The summed E-state index contributed by atoms with van der Waals surface area (Å²) in [5.74, 6) is 0.720. The van der Waals surface area contributed by atoms with Crippen molar-refractivity contribution in [1.29, 1.82) is 5.26 Å². The number of ether oxygens (including phenoxy) is 2. The second-order valence-electron chi connectivity index (χ2n) is 10.9. The first-order valence-electron chi connectivity index (χ1n) is 13.7. The summed E-state index contributed by atoms with van der Waals surface area (Å²) in [6.07, 6.45) is 0.885. The van der Waals surface area contributed by atoms with Gasteiger partial charge in [-0.05, 0) is 49.1 Å². The lowest BCUT2D eigenvalue weighted by Crippen LogP contribution is -2.42. The Morgan fingerprint density at radius 3 is 2.65 bits per heavy atom. The van der Waals surface area contributed by atoms with Crippen LogP contribution in [-0.4, -0.2) is 41.4 Å². The minimum atomic E-state index is -0.663. The van der Waals surface area contributed by atoms with Gasteiger partial charge in [0, 0.05) is 28.9 Å². The van der Waals surface area contributed by atoms with Crippen molar-refractivity contribution in [3.8, 4) is 17.6 Å². The molecule has 0 spiro atoms. The van der Waals surface area contributed by atoms with Gasteiger partial charge in [0.25, 0.3) is 0 Å². The Kier molecular flexibility index (Phi) is 8.75. The first kappa shape index (κ1) is 30.1. The van der Waals surface area contributed by atoms with Gasteiger partial charge in [-0.1, -0.05) is 55.1 Å². The third kappa shape index (κ3) is 6.23. The predicted molar refractivity (Wildman–Crippen MR) is 167 cm³/mol. The first-order valence-corrected chi connectivity index (χ1v) is 15.5. The number of para-hydroxylation sites is 1. The number of rotatable bonds is 9. The van der Waals surface area contributed by atoms with Crippen molar-refractivity contribution in [2.45, 2.75) is 43.9 Å². The van der Waals surface area contributed by atoms with Crippen LogP contribution in [0.4, 0.5) is 10.8 Å². The summed E-state index contributed by atoms with van der Waals surface area (Å²) < 4.78 is 11.6. The van der Waals surface area contributed by atoms with Crippen LogP contribution in [0.1, 0.15) is 45.1 Å². The summed E-state index contributed by atoms with van der Waals surface area (Å²) >= 11 is 2.49. The van der Waals surface area contributed by atoms with Gasteiger partial charge in [-0.15, -0.1) is 10.2 Å². The number of benzene rings is 2. The maximum atomic E-state index is 13.8. The molecule has 1 aliphatic heterocycles. The number of carbonyl (C=O) groups excluding carboxylic acids is 2. The molecule has 2 aliphatic rings. The molecule has 3 aromatic rings. The molecule has 0 saturated carbocycles. The summed E-state index contributed by atoms with van der Waals surface area (Å²) in [5, 5.41) is 22.3. The van der Waals surface area contributed by atoms with Gasteiger partial charge < -0.3 is 20.5 Å². The van der Waals surface area contributed by atoms with E-state index in [4.69, 9.17) is 15.2 Å². The van der Waals surface area contributed by atoms with Crippen molar-refractivity contribution in [2.24, 2.45) is 11.1 Å². The van der Waals surface area contributed by atoms with E-state index in [1.165, 1.54) is 23.1 Å². The summed E-state index contributed by atoms with van der Waals surface area (Å²) in [7, 11) is 1.56. The van der Waals surface area contributed by atoms with Gasteiger partial charge in [0.1, 0.15) is 17.3 Å². The van der Waals surface area contributed by atoms with E-state index in [1.807, 2.05) is 45.0 Å². The van der Waals surface area contributed by atoms with Crippen LogP contribution in [-0.2, 0) is 9.59 Å². The molecule has 1 aromatic heterocycles. The van der Waals surface area contributed by atoms with E-state index >= 15 is 0 Å². The molecule has 43 heavy (non-hydrogen) atoms. The van der Waals surface area contributed by atoms with Crippen LogP contribution < -0.4 is 25.4 Å². The van der Waals surface area contributed by atoms with Gasteiger partial charge in [0.05, 0.1) is 37.0 Å². The van der Waals surface area contributed by atoms with Crippen molar-refractivity contribution in [3.05, 3.63) is 76.8 Å². The fourth-order valence-corrected chi connectivity index (χ4v) is 7.10. The van der Waals surface area contributed by atoms with Gasteiger partial charge in [-0.25, -0.2) is 0 Å². The zero-order valence-electron chi connectivity index (χ0n) is 24.3. The number of Topliss-reactive ketones (excluding diaryl/α,β-unsaturated/α-hetero) is 1. The number of nitriles is 1. The highest BCUT2D eigenvalue weighted by Gasteiger charge is 2.46. The van der Waals surface area contributed by atoms with Crippen LogP contribution in [0.2, 0.25) is 0 Å². The fourth-order valence-electron chi connectivity index (χ4n) is 5.42. The lowest BCUT2D eigenvalue weighted by Gasteiger charge is -2.42. The van der Waals surface area contributed by atoms with Crippen LogP contribution in [0.5, 0.6) is 11.5 Å². The molecule has 1 aliphatic carbocycles. The van der Waals surface area contributed by atoms with E-state index in [9.17, 15) is 14.9 Å². The number of carbonyl (C=O) groups is 2. The number of anilines is 2. The number of amides is 1. The normalized spacial score (nSPS) is 17.8. The molecule has 3 N–H and O–H groups in total. The minimum absolute atomic E-state index is 0.0440. The van der Waals surface area contributed by atoms with Gasteiger partial charge in [-0.2, -0.15) is 5.26 Å². The Hall–Kier alpha value is -4.34. The van der Waals surface area contributed by atoms with Crippen molar-refractivity contribution in [3.63, 3.8) is 0 Å². The van der Waals surface area contributed by atoms with E-state index in [1.54, 1.807) is 36.3 Å². The van der Waals surface area contributed by atoms with Gasteiger partial charge in [-0.3, -0.25) is 14.5 Å². The molecule has 1 amide bonds. The Morgan fingerprint density at radius 1 is 1.21 bits per heavy atom. The second-order valence-corrected chi connectivity index (χ2v) is 13.0. The smallest absolute Gasteiger partial charge is 0.234 e. The van der Waals surface area contributed by atoms with Crippen molar-refractivity contribution in [1.82, 2.24) is 10.2 Å². The fraction of sp³-hybridized carbons (Fsp3) is 0.323. The zero-order valence-corrected chi connectivity index (χ0v) is 26.0. The zero-order chi connectivity index (χ0) is 30.7. The molecule has 0 radical (unpaired) electrons. The van der Waals surface area contributed by atoms with Crippen molar-refractivity contribution in [2.75, 3.05) is 29.7 Å². The number of ketones is 1. The molecular weight excluding hydrogens is 585 g/mol. The van der Waals surface area contributed by atoms with Crippen LogP contribution in [0.15, 0.2) is 75.5 Å². The molecule has 0 saturated heterocycles. The van der Waals surface area contributed by atoms with E-state index in [-0.39, 0.29) is 34.3 Å². The molecule has 0 bridgehead atoms. The molecule has 10 nitrogen and oxygen atoms in total. The Balaban J connectivity index is 1.43. The van der Waals surface area contributed by atoms with Gasteiger partial charge >= 0.3 is 0 Å². The number of hydrogen-bond acceptors (Lipinski definition) is 11. The monoisotopic (exact) mass is 616 g/mol. The van der Waals surface area contributed by atoms with Crippen LogP contribution in [0.3, 0.4) is 0 Å². The Labute approximate surface area is 258 Å². The standard InChI is InChI=1S/C31H32N6O4S2/c1-5-41-19-12-10-18(11-13-19)34-25(39)17-42-30-36-35-29(43-30)37-22-14-31(2,3)15-23(38)27(22)26(21(16-32)28(37)33)20-8-6-7-9-24(20)40-4/h6-13,26H,5,14-15,17,33H2,1-4H3,(H,34,39).